The monoisotopic (exact) mass is 268 g/mol. The fraction of sp³-hybridized carbons (Fsp3) is 0.235. The molecule has 0 bridgehead atoms. The minimum atomic E-state index is -0.237. The number of anilines is 2. The van der Waals surface area contributed by atoms with Gasteiger partial charge < -0.3 is 10.6 Å². The summed E-state index contributed by atoms with van der Waals surface area (Å²) in [7, 11) is 0. The summed E-state index contributed by atoms with van der Waals surface area (Å²) in [6.45, 7) is 4.02. The van der Waals surface area contributed by atoms with Crippen LogP contribution in [0.15, 0.2) is 54.6 Å². The van der Waals surface area contributed by atoms with E-state index in [0.29, 0.717) is 0 Å². The Balaban J connectivity index is 2.00. The van der Waals surface area contributed by atoms with Crippen LogP contribution in [0.25, 0.3) is 0 Å². The van der Waals surface area contributed by atoms with Crippen molar-refractivity contribution >= 4 is 17.3 Å². The maximum atomic E-state index is 12.3. The van der Waals surface area contributed by atoms with Crippen LogP contribution in [-0.4, -0.2) is 11.9 Å². The Morgan fingerprint density at radius 1 is 1.00 bits per heavy atom. The molecule has 1 amide bonds. The molecule has 0 aliphatic carbocycles. The van der Waals surface area contributed by atoms with Gasteiger partial charge in [-0.25, -0.2) is 0 Å². The molecule has 3 heteroatoms. The van der Waals surface area contributed by atoms with Gasteiger partial charge in [-0.05, 0) is 37.6 Å². The highest BCUT2D eigenvalue weighted by Crippen LogP contribution is 2.12. The van der Waals surface area contributed by atoms with Crippen molar-refractivity contribution in [1.29, 1.82) is 0 Å². The van der Waals surface area contributed by atoms with Crippen LogP contribution in [0.2, 0.25) is 0 Å². The van der Waals surface area contributed by atoms with Crippen molar-refractivity contribution in [2.45, 2.75) is 26.3 Å². The number of carbonyl (C=O) groups excluding carboxylic acids is 1. The van der Waals surface area contributed by atoms with E-state index >= 15 is 0 Å². The number of para-hydroxylation sites is 1. The summed E-state index contributed by atoms with van der Waals surface area (Å²) in [5.74, 6) is -0.0137. The highest BCUT2D eigenvalue weighted by atomic mass is 16.2. The molecule has 2 rings (SSSR count). The highest BCUT2D eigenvalue weighted by Gasteiger charge is 2.16. The van der Waals surface area contributed by atoms with E-state index in [1.165, 1.54) is 5.56 Å². The lowest BCUT2D eigenvalue weighted by Gasteiger charge is -2.18. The van der Waals surface area contributed by atoms with E-state index in [-0.39, 0.29) is 11.9 Å². The first-order valence-electron chi connectivity index (χ1n) is 6.88. The van der Waals surface area contributed by atoms with Crippen molar-refractivity contribution in [3.8, 4) is 0 Å². The molecule has 0 aliphatic heterocycles. The van der Waals surface area contributed by atoms with Crippen LogP contribution >= 0.6 is 0 Å². The normalized spacial score (nSPS) is 11.7. The fourth-order valence-corrected chi connectivity index (χ4v) is 1.95. The molecule has 0 saturated carbocycles. The molecule has 1 atom stereocenters. The Kier molecular flexibility index (Phi) is 4.77. The highest BCUT2D eigenvalue weighted by molar-refractivity contribution is 5.96. The van der Waals surface area contributed by atoms with Gasteiger partial charge in [-0.15, -0.1) is 0 Å². The number of rotatable bonds is 5. The van der Waals surface area contributed by atoms with Crippen molar-refractivity contribution in [2.24, 2.45) is 0 Å². The summed E-state index contributed by atoms with van der Waals surface area (Å²) in [5, 5.41) is 6.19. The van der Waals surface area contributed by atoms with Crippen LogP contribution < -0.4 is 10.6 Å². The van der Waals surface area contributed by atoms with Gasteiger partial charge in [-0.2, -0.15) is 0 Å². The standard InChI is InChI=1S/C17H20N2O/c1-3-16(18-14-7-5-4-6-8-14)17(20)19-15-11-9-13(2)10-12-15/h4-12,16,18H,3H2,1-2H3,(H,19,20). The summed E-state index contributed by atoms with van der Waals surface area (Å²) in [6, 6.07) is 17.4. The van der Waals surface area contributed by atoms with Crippen molar-refractivity contribution in [1.82, 2.24) is 0 Å². The summed E-state index contributed by atoms with van der Waals surface area (Å²) < 4.78 is 0. The van der Waals surface area contributed by atoms with Crippen LogP contribution in [-0.2, 0) is 4.79 Å². The fourth-order valence-electron chi connectivity index (χ4n) is 1.95. The smallest absolute Gasteiger partial charge is 0.246 e. The maximum absolute atomic E-state index is 12.3. The third-order valence-corrected chi connectivity index (χ3v) is 3.16. The molecule has 2 aromatic carbocycles. The number of amides is 1. The predicted molar refractivity (Wildman–Crippen MR) is 84.0 cm³/mol. The Hall–Kier alpha value is -2.29. The second-order valence-electron chi connectivity index (χ2n) is 4.83. The molecule has 0 spiro atoms. The average molecular weight is 268 g/mol. The van der Waals surface area contributed by atoms with E-state index in [4.69, 9.17) is 0 Å². The van der Waals surface area contributed by atoms with Crippen molar-refractivity contribution < 1.29 is 4.79 Å². The van der Waals surface area contributed by atoms with Gasteiger partial charge in [-0.3, -0.25) is 4.79 Å². The topological polar surface area (TPSA) is 41.1 Å². The summed E-state index contributed by atoms with van der Waals surface area (Å²) in [4.78, 5) is 12.3. The zero-order valence-electron chi connectivity index (χ0n) is 11.9. The van der Waals surface area contributed by atoms with E-state index < -0.39 is 0 Å². The number of hydrogen-bond donors (Lipinski definition) is 2. The molecule has 0 saturated heterocycles. The van der Waals surface area contributed by atoms with E-state index in [2.05, 4.69) is 10.6 Å². The molecule has 3 nitrogen and oxygen atoms in total. The van der Waals surface area contributed by atoms with Gasteiger partial charge in [0.15, 0.2) is 0 Å². The van der Waals surface area contributed by atoms with E-state index in [9.17, 15) is 4.79 Å². The summed E-state index contributed by atoms with van der Waals surface area (Å²) in [5.41, 5.74) is 2.96. The molecular weight excluding hydrogens is 248 g/mol. The molecule has 0 heterocycles. The van der Waals surface area contributed by atoms with Gasteiger partial charge >= 0.3 is 0 Å². The Morgan fingerprint density at radius 2 is 1.65 bits per heavy atom. The lowest BCUT2D eigenvalue weighted by Crippen LogP contribution is -2.34. The summed E-state index contributed by atoms with van der Waals surface area (Å²) in [6.07, 6.45) is 0.729. The van der Waals surface area contributed by atoms with Crippen LogP contribution in [0, 0.1) is 6.92 Å². The summed E-state index contributed by atoms with van der Waals surface area (Å²) >= 11 is 0. The molecule has 20 heavy (non-hydrogen) atoms. The zero-order chi connectivity index (χ0) is 14.4. The Bertz CT molecular complexity index is 549. The molecule has 0 aliphatic rings. The third kappa shape index (κ3) is 3.85. The van der Waals surface area contributed by atoms with Gasteiger partial charge in [0.2, 0.25) is 5.91 Å². The average Bonchev–Trinajstić information content (AvgIpc) is 2.48. The second kappa shape index (κ2) is 6.75. The van der Waals surface area contributed by atoms with Crippen LogP contribution in [0.3, 0.4) is 0 Å². The van der Waals surface area contributed by atoms with Crippen molar-refractivity contribution in [2.75, 3.05) is 10.6 Å². The first kappa shape index (κ1) is 14.1. The zero-order valence-corrected chi connectivity index (χ0v) is 11.9. The second-order valence-corrected chi connectivity index (χ2v) is 4.83. The number of carbonyl (C=O) groups is 1. The number of nitrogens with one attached hydrogen (secondary N) is 2. The minimum Gasteiger partial charge on any atom is -0.374 e. The van der Waals surface area contributed by atoms with E-state index in [0.717, 1.165) is 17.8 Å². The van der Waals surface area contributed by atoms with Crippen molar-refractivity contribution in [3.63, 3.8) is 0 Å². The first-order chi connectivity index (χ1) is 9.69. The molecule has 0 fully saturated rings. The Morgan fingerprint density at radius 3 is 2.25 bits per heavy atom. The van der Waals surface area contributed by atoms with Crippen LogP contribution in [0.4, 0.5) is 11.4 Å². The van der Waals surface area contributed by atoms with Crippen molar-refractivity contribution in [3.05, 3.63) is 60.2 Å². The van der Waals surface area contributed by atoms with Gasteiger partial charge in [0.05, 0.1) is 0 Å². The van der Waals surface area contributed by atoms with E-state index in [1.54, 1.807) is 0 Å². The molecule has 104 valence electrons. The van der Waals surface area contributed by atoms with Gasteiger partial charge in [0.25, 0.3) is 0 Å². The molecule has 2 aromatic rings. The Labute approximate surface area is 120 Å². The third-order valence-electron chi connectivity index (χ3n) is 3.16. The minimum absolute atomic E-state index is 0.0137. The molecule has 0 aromatic heterocycles. The first-order valence-corrected chi connectivity index (χ1v) is 6.88. The number of hydrogen-bond acceptors (Lipinski definition) is 2. The molecule has 2 N–H and O–H groups in total. The number of aryl methyl sites for hydroxylation is 1. The lowest BCUT2D eigenvalue weighted by molar-refractivity contribution is -0.116. The lowest BCUT2D eigenvalue weighted by atomic mass is 10.1. The molecule has 0 radical (unpaired) electrons. The van der Waals surface area contributed by atoms with Gasteiger partial charge in [-0.1, -0.05) is 42.8 Å². The molecule has 1 unspecified atom stereocenters. The quantitative estimate of drug-likeness (QED) is 0.865. The van der Waals surface area contributed by atoms with Crippen LogP contribution in [0.5, 0.6) is 0 Å². The van der Waals surface area contributed by atoms with E-state index in [1.807, 2.05) is 68.4 Å². The predicted octanol–water partition coefficient (Wildman–Crippen LogP) is 3.82. The SMILES string of the molecule is CCC(Nc1ccccc1)C(=O)Nc1ccc(C)cc1. The molecular formula is C17H20N2O. The van der Waals surface area contributed by atoms with Gasteiger partial charge in [0, 0.05) is 11.4 Å². The van der Waals surface area contributed by atoms with Gasteiger partial charge in [0.1, 0.15) is 6.04 Å². The van der Waals surface area contributed by atoms with Crippen LogP contribution in [0.1, 0.15) is 18.9 Å². The number of benzene rings is 2. The maximum Gasteiger partial charge on any atom is 0.246 e. The largest absolute Gasteiger partial charge is 0.374 e.